The molecule has 0 radical (unpaired) electrons. The van der Waals surface area contributed by atoms with Crippen LogP contribution in [0, 0.1) is 6.92 Å². The van der Waals surface area contributed by atoms with E-state index in [9.17, 15) is 4.79 Å². The van der Waals surface area contributed by atoms with Crippen LogP contribution in [0.1, 0.15) is 46.9 Å². The van der Waals surface area contributed by atoms with Gasteiger partial charge in [0.25, 0.3) is 0 Å². The van der Waals surface area contributed by atoms with Crippen molar-refractivity contribution < 1.29 is 9.53 Å². The monoisotopic (exact) mass is 309 g/mol. The molecule has 0 atom stereocenters. The van der Waals surface area contributed by atoms with Gasteiger partial charge in [0.1, 0.15) is 12.2 Å². The normalized spacial score (nSPS) is 11.1. The minimum absolute atomic E-state index is 0.237. The number of ether oxygens (including phenoxy) is 1. The Labute approximate surface area is 134 Å². The van der Waals surface area contributed by atoms with Gasteiger partial charge in [-0.25, -0.2) is 14.3 Å². The zero-order valence-electron chi connectivity index (χ0n) is 13.5. The summed E-state index contributed by atoms with van der Waals surface area (Å²) in [6, 6.07) is 9.88. The third-order valence-electron chi connectivity index (χ3n) is 3.79. The number of hydrogen-bond acceptors (Lipinski definition) is 4. The first-order valence-electron chi connectivity index (χ1n) is 7.62. The topological polar surface area (TPSA) is 56.5 Å². The lowest BCUT2D eigenvalue weighted by atomic mass is 10.0. The van der Waals surface area contributed by atoms with Gasteiger partial charge in [-0.2, -0.15) is 5.10 Å². The molecule has 0 unspecified atom stereocenters. The zero-order valence-corrected chi connectivity index (χ0v) is 13.5. The lowest BCUT2D eigenvalue weighted by Crippen LogP contribution is -2.07. The molecule has 0 saturated carbocycles. The molecule has 2 aromatic heterocycles. The average Bonchev–Trinajstić information content (AvgIpc) is 2.88. The number of aromatic nitrogens is 3. The molecule has 0 spiro atoms. The first-order chi connectivity index (χ1) is 11.1. The highest BCUT2D eigenvalue weighted by Gasteiger charge is 2.19. The van der Waals surface area contributed by atoms with Crippen molar-refractivity contribution in [2.24, 2.45) is 0 Å². The molecule has 0 aliphatic rings. The number of aryl methyl sites for hydroxylation is 1. The molecule has 0 amide bonds. The van der Waals surface area contributed by atoms with E-state index in [1.54, 1.807) is 29.9 Å². The van der Waals surface area contributed by atoms with Crippen molar-refractivity contribution in [2.45, 2.75) is 33.3 Å². The van der Waals surface area contributed by atoms with Crippen molar-refractivity contribution in [2.75, 3.05) is 0 Å². The van der Waals surface area contributed by atoms with Crippen LogP contribution in [0.2, 0.25) is 0 Å². The SMILES string of the molecule is Cc1nn2cccnc2c1C(=O)OCc1ccc(C(C)C)cc1. The Bertz CT molecular complexity index is 835. The van der Waals surface area contributed by atoms with Crippen molar-refractivity contribution in [3.05, 3.63) is 65.1 Å². The van der Waals surface area contributed by atoms with Gasteiger partial charge >= 0.3 is 5.97 Å². The quantitative estimate of drug-likeness (QED) is 0.692. The third kappa shape index (κ3) is 3.08. The molecule has 0 aliphatic heterocycles. The van der Waals surface area contributed by atoms with E-state index in [1.165, 1.54) is 5.56 Å². The summed E-state index contributed by atoms with van der Waals surface area (Å²) in [5, 5.41) is 4.27. The highest BCUT2D eigenvalue weighted by atomic mass is 16.5. The molecule has 0 aliphatic carbocycles. The fourth-order valence-corrected chi connectivity index (χ4v) is 2.46. The van der Waals surface area contributed by atoms with Gasteiger partial charge in [-0.15, -0.1) is 0 Å². The van der Waals surface area contributed by atoms with Gasteiger partial charge in [0.2, 0.25) is 0 Å². The highest BCUT2D eigenvalue weighted by Crippen LogP contribution is 2.17. The minimum Gasteiger partial charge on any atom is -0.457 e. The molecule has 1 aromatic carbocycles. The molecule has 0 fully saturated rings. The van der Waals surface area contributed by atoms with E-state index in [1.807, 2.05) is 12.1 Å². The number of carbonyl (C=O) groups excluding carboxylic acids is 1. The van der Waals surface area contributed by atoms with Crippen molar-refractivity contribution in [3.8, 4) is 0 Å². The van der Waals surface area contributed by atoms with Gasteiger partial charge in [-0.3, -0.25) is 0 Å². The van der Waals surface area contributed by atoms with E-state index in [2.05, 4.69) is 36.1 Å². The number of rotatable bonds is 4. The largest absolute Gasteiger partial charge is 0.457 e. The molecule has 5 nitrogen and oxygen atoms in total. The predicted octanol–water partition coefficient (Wildman–Crippen LogP) is 3.52. The van der Waals surface area contributed by atoms with Gasteiger partial charge in [0.15, 0.2) is 5.65 Å². The Morgan fingerprint density at radius 1 is 1.26 bits per heavy atom. The fraction of sp³-hybridized carbons (Fsp3) is 0.278. The summed E-state index contributed by atoms with van der Waals surface area (Å²) in [5.74, 6) is 0.0863. The maximum atomic E-state index is 12.4. The van der Waals surface area contributed by atoms with Crippen LogP contribution >= 0.6 is 0 Å². The summed E-state index contributed by atoms with van der Waals surface area (Å²) in [7, 11) is 0. The predicted molar refractivity (Wildman–Crippen MR) is 87.4 cm³/mol. The van der Waals surface area contributed by atoms with Crippen LogP contribution < -0.4 is 0 Å². The highest BCUT2D eigenvalue weighted by molar-refractivity contribution is 5.97. The van der Waals surface area contributed by atoms with Crippen molar-refractivity contribution in [1.82, 2.24) is 14.6 Å². The van der Waals surface area contributed by atoms with Gasteiger partial charge in [0.05, 0.1) is 5.69 Å². The van der Waals surface area contributed by atoms with Crippen LogP contribution in [0.25, 0.3) is 5.65 Å². The maximum Gasteiger partial charge on any atom is 0.344 e. The molecule has 23 heavy (non-hydrogen) atoms. The van der Waals surface area contributed by atoms with Crippen LogP contribution in [-0.2, 0) is 11.3 Å². The first kappa shape index (κ1) is 15.2. The number of benzene rings is 1. The lowest BCUT2D eigenvalue weighted by molar-refractivity contribution is 0.0474. The summed E-state index contributed by atoms with van der Waals surface area (Å²) < 4.78 is 7.02. The summed E-state index contributed by atoms with van der Waals surface area (Å²) in [4.78, 5) is 16.6. The maximum absolute atomic E-state index is 12.4. The molecular weight excluding hydrogens is 290 g/mol. The lowest BCUT2D eigenvalue weighted by Gasteiger charge is -2.08. The summed E-state index contributed by atoms with van der Waals surface area (Å²) in [5.41, 5.74) is 3.78. The second-order valence-electron chi connectivity index (χ2n) is 5.82. The number of esters is 1. The van der Waals surface area contributed by atoms with Crippen LogP contribution in [0.5, 0.6) is 0 Å². The van der Waals surface area contributed by atoms with E-state index in [-0.39, 0.29) is 6.61 Å². The summed E-state index contributed by atoms with van der Waals surface area (Å²) >= 11 is 0. The van der Waals surface area contributed by atoms with E-state index < -0.39 is 5.97 Å². The molecule has 0 N–H and O–H groups in total. The molecule has 2 heterocycles. The Hall–Kier alpha value is -2.69. The Morgan fingerprint density at radius 3 is 2.70 bits per heavy atom. The molecule has 0 saturated heterocycles. The number of carbonyl (C=O) groups is 1. The van der Waals surface area contributed by atoms with Gasteiger partial charge in [-0.1, -0.05) is 38.1 Å². The minimum atomic E-state index is -0.399. The number of fused-ring (bicyclic) bond motifs is 1. The Kier molecular flexibility index (Phi) is 4.10. The van der Waals surface area contributed by atoms with Crippen LogP contribution in [-0.4, -0.2) is 20.6 Å². The molecule has 3 rings (SSSR count). The summed E-state index contributed by atoms with van der Waals surface area (Å²) in [6.45, 7) is 6.31. The molecular formula is C18H19N3O2. The van der Waals surface area contributed by atoms with Crippen molar-refractivity contribution in [3.63, 3.8) is 0 Å². The molecule has 118 valence electrons. The van der Waals surface area contributed by atoms with Crippen molar-refractivity contribution >= 4 is 11.6 Å². The van der Waals surface area contributed by atoms with Crippen LogP contribution in [0.3, 0.4) is 0 Å². The second-order valence-corrected chi connectivity index (χ2v) is 5.82. The molecule has 3 aromatic rings. The smallest absolute Gasteiger partial charge is 0.344 e. The average molecular weight is 309 g/mol. The molecule has 0 bridgehead atoms. The number of nitrogens with zero attached hydrogens (tertiary/aromatic N) is 3. The Balaban J connectivity index is 1.75. The van der Waals surface area contributed by atoms with E-state index in [0.717, 1.165) is 5.56 Å². The fourth-order valence-electron chi connectivity index (χ4n) is 2.46. The van der Waals surface area contributed by atoms with Gasteiger partial charge in [-0.05, 0) is 30.0 Å². The van der Waals surface area contributed by atoms with Crippen LogP contribution in [0.4, 0.5) is 0 Å². The summed E-state index contributed by atoms with van der Waals surface area (Å²) in [6.07, 6.45) is 3.40. The Morgan fingerprint density at radius 2 is 2.00 bits per heavy atom. The van der Waals surface area contributed by atoms with Gasteiger partial charge in [0, 0.05) is 12.4 Å². The van der Waals surface area contributed by atoms with E-state index in [0.29, 0.717) is 22.8 Å². The van der Waals surface area contributed by atoms with Gasteiger partial charge < -0.3 is 4.74 Å². The van der Waals surface area contributed by atoms with E-state index in [4.69, 9.17) is 4.74 Å². The third-order valence-corrected chi connectivity index (χ3v) is 3.79. The van der Waals surface area contributed by atoms with Crippen LogP contribution in [0.15, 0.2) is 42.7 Å². The number of hydrogen-bond donors (Lipinski definition) is 0. The first-order valence-corrected chi connectivity index (χ1v) is 7.62. The second kappa shape index (κ2) is 6.20. The molecule has 5 heteroatoms. The van der Waals surface area contributed by atoms with Crippen molar-refractivity contribution in [1.29, 1.82) is 0 Å². The van der Waals surface area contributed by atoms with E-state index >= 15 is 0 Å². The zero-order chi connectivity index (χ0) is 16.4. The standard InChI is InChI=1S/C18H19N3O2/c1-12(2)15-7-5-14(6-8-15)11-23-18(22)16-13(3)20-21-10-4-9-19-17(16)21/h4-10,12H,11H2,1-3H3.